The molecule has 0 unspecified atom stereocenters. The quantitative estimate of drug-likeness (QED) is 0.356. The zero-order valence-corrected chi connectivity index (χ0v) is 18.6. The molecule has 1 aromatic carbocycles. The molecular formula is C19H32IN3O3. The largest absolute Gasteiger partial charge is 0.493 e. The normalized spacial score (nSPS) is 15.0. The zero-order chi connectivity index (χ0) is 18.1. The van der Waals surface area contributed by atoms with E-state index in [4.69, 9.17) is 19.2 Å². The molecule has 0 atom stereocenters. The first-order valence-corrected chi connectivity index (χ1v) is 9.06. The molecule has 0 spiro atoms. The van der Waals surface area contributed by atoms with Gasteiger partial charge in [0, 0.05) is 18.2 Å². The first-order chi connectivity index (χ1) is 12.2. The van der Waals surface area contributed by atoms with E-state index in [1.54, 1.807) is 21.3 Å². The summed E-state index contributed by atoms with van der Waals surface area (Å²) in [4.78, 5) is 4.74. The van der Waals surface area contributed by atoms with E-state index < -0.39 is 0 Å². The van der Waals surface area contributed by atoms with Crippen molar-refractivity contribution in [2.24, 2.45) is 4.99 Å². The minimum absolute atomic E-state index is 0. The second-order valence-electron chi connectivity index (χ2n) is 6.17. The van der Waals surface area contributed by atoms with Gasteiger partial charge >= 0.3 is 0 Å². The number of aliphatic imine (C=N–C) groups is 1. The molecule has 6 nitrogen and oxygen atoms in total. The molecule has 2 N–H and O–H groups in total. The van der Waals surface area contributed by atoms with Crippen molar-refractivity contribution in [3.63, 3.8) is 0 Å². The molecule has 148 valence electrons. The second-order valence-corrected chi connectivity index (χ2v) is 6.17. The van der Waals surface area contributed by atoms with Gasteiger partial charge in [-0.3, -0.25) is 0 Å². The monoisotopic (exact) mass is 477 g/mol. The van der Waals surface area contributed by atoms with E-state index >= 15 is 0 Å². The highest BCUT2D eigenvalue weighted by atomic mass is 127. The lowest BCUT2D eigenvalue weighted by Gasteiger charge is -2.25. The fraction of sp³-hybridized carbons (Fsp3) is 0.632. The molecule has 0 amide bonds. The fourth-order valence-electron chi connectivity index (χ4n) is 3.21. The van der Waals surface area contributed by atoms with Crippen LogP contribution in [-0.2, 0) is 6.54 Å². The van der Waals surface area contributed by atoms with E-state index in [0.29, 0.717) is 29.8 Å². The molecule has 1 aliphatic rings. The topological polar surface area (TPSA) is 64.1 Å². The van der Waals surface area contributed by atoms with E-state index in [2.05, 4.69) is 17.6 Å². The molecule has 0 aliphatic heterocycles. The van der Waals surface area contributed by atoms with E-state index in [1.807, 2.05) is 12.1 Å². The van der Waals surface area contributed by atoms with Crippen LogP contribution >= 0.6 is 24.0 Å². The van der Waals surface area contributed by atoms with Gasteiger partial charge in [0.1, 0.15) is 0 Å². The van der Waals surface area contributed by atoms with Crippen molar-refractivity contribution in [3.8, 4) is 17.2 Å². The van der Waals surface area contributed by atoms with Crippen molar-refractivity contribution in [2.45, 2.75) is 51.6 Å². The van der Waals surface area contributed by atoms with Gasteiger partial charge in [-0.1, -0.05) is 19.3 Å². The number of hydrogen-bond acceptors (Lipinski definition) is 4. The number of guanidine groups is 1. The Balaban J connectivity index is 0.00000338. The van der Waals surface area contributed by atoms with Crippen molar-refractivity contribution < 1.29 is 14.2 Å². The summed E-state index contributed by atoms with van der Waals surface area (Å²) in [5.41, 5.74) is 0.959. The van der Waals surface area contributed by atoms with E-state index in [0.717, 1.165) is 18.1 Å². The summed E-state index contributed by atoms with van der Waals surface area (Å²) in [5.74, 6) is 2.77. The van der Waals surface area contributed by atoms with Crippen molar-refractivity contribution in [1.29, 1.82) is 0 Å². The maximum atomic E-state index is 5.54. The molecule has 0 aromatic heterocycles. The fourth-order valence-corrected chi connectivity index (χ4v) is 3.21. The van der Waals surface area contributed by atoms with Gasteiger partial charge in [-0.15, -0.1) is 24.0 Å². The molecule has 2 rings (SSSR count). The van der Waals surface area contributed by atoms with Gasteiger partial charge in [0.2, 0.25) is 5.75 Å². The molecule has 1 aromatic rings. The van der Waals surface area contributed by atoms with Crippen molar-refractivity contribution in [3.05, 3.63) is 17.7 Å². The lowest BCUT2D eigenvalue weighted by Crippen LogP contribution is -2.44. The maximum Gasteiger partial charge on any atom is 0.203 e. The lowest BCUT2D eigenvalue weighted by molar-refractivity contribution is 0.322. The first-order valence-electron chi connectivity index (χ1n) is 9.06. The number of ether oxygens (including phenoxy) is 3. The molecule has 0 saturated heterocycles. The van der Waals surface area contributed by atoms with Crippen LogP contribution in [0.1, 0.15) is 44.6 Å². The molecule has 0 radical (unpaired) electrons. The average molecular weight is 477 g/mol. The predicted octanol–water partition coefficient (Wildman–Crippen LogP) is 3.72. The third-order valence-electron chi connectivity index (χ3n) is 4.48. The Morgan fingerprint density at radius 2 is 1.73 bits per heavy atom. The van der Waals surface area contributed by atoms with Gasteiger partial charge in [-0.2, -0.15) is 0 Å². The Kier molecular flexibility index (Phi) is 10.5. The Morgan fingerprint density at radius 3 is 2.31 bits per heavy atom. The van der Waals surface area contributed by atoms with Gasteiger partial charge in [0.25, 0.3) is 0 Å². The van der Waals surface area contributed by atoms with Crippen molar-refractivity contribution in [2.75, 3.05) is 27.9 Å². The van der Waals surface area contributed by atoms with Crippen LogP contribution in [0.3, 0.4) is 0 Å². The molecule has 0 bridgehead atoms. The van der Waals surface area contributed by atoms with Gasteiger partial charge in [0.05, 0.1) is 27.9 Å². The summed E-state index contributed by atoms with van der Waals surface area (Å²) in [6.45, 7) is 3.42. The second kappa shape index (κ2) is 12.1. The third kappa shape index (κ3) is 6.10. The van der Waals surface area contributed by atoms with Crippen LogP contribution in [-0.4, -0.2) is 39.9 Å². The highest BCUT2D eigenvalue weighted by Crippen LogP contribution is 2.39. The number of rotatable bonds is 7. The molecule has 1 fully saturated rings. The Labute approximate surface area is 174 Å². The molecule has 7 heteroatoms. The highest BCUT2D eigenvalue weighted by molar-refractivity contribution is 14.0. The summed E-state index contributed by atoms with van der Waals surface area (Å²) < 4.78 is 16.3. The van der Waals surface area contributed by atoms with E-state index in [9.17, 15) is 0 Å². The van der Waals surface area contributed by atoms with Crippen molar-refractivity contribution in [1.82, 2.24) is 10.6 Å². The number of nitrogens with zero attached hydrogens (tertiary/aromatic N) is 1. The van der Waals surface area contributed by atoms with Gasteiger partial charge in [-0.05, 0) is 31.9 Å². The summed E-state index contributed by atoms with van der Waals surface area (Å²) in [6, 6.07) is 4.36. The number of methoxy groups -OCH3 is 3. The zero-order valence-electron chi connectivity index (χ0n) is 16.3. The third-order valence-corrected chi connectivity index (χ3v) is 4.48. The maximum absolute atomic E-state index is 5.54. The average Bonchev–Trinajstić information content (AvgIpc) is 2.66. The molecule has 1 aliphatic carbocycles. The smallest absolute Gasteiger partial charge is 0.203 e. The van der Waals surface area contributed by atoms with Crippen LogP contribution in [0.2, 0.25) is 0 Å². The summed E-state index contributed by atoms with van der Waals surface area (Å²) in [5, 5.41) is 6.89. The SMILES string of the molecule is CCNC(=NCc1ccc(OC)c(OC)c1OC)NC1CCCCC1.I. The first kappa shape index (κ1) is 22.7. The van der Waals surface area contributed by atoms with Crippen LogP contribution in [0.15, 0.2) is 17.1 Å². The van der Waals surface area contributed by atoms with Crippen LogP contribution in [0.25, 0.3) is 0 Å². The van der Waals surface area contributed by atoms with Crippen LogP contribution in [0.5, 0.6) is 17.2 Å². The lowest BCUT2D eigenvalue weighted by atomic mass is 9.96. The Morgan fingerprint density at radius 1 is 1.04 bits per heavy atom. The summed E-state index contributed by atoms with van der Waals surface area (Å²) in [7, 11) is 4.87. The van der Waals surface area contributed by atoms with Crippen molar-refractivity contribution >= 4 is 29.9 Å². The summed E-state index contributed by atoms with van der Waals surface area (Å²) in [6.07, 6.45) is 6.35. The van der Waals surface area contributed by atoms with Gasteiger partial charge in [0.15, 0.2) is 17.5 Å². The summed E-state index contributed by atoms with van der Waals surface area (Å²) >= 11 is 0. The Bertz CT molecular complexity index is 575. The van der Waals surface area contributed by atoms with Gasteiger partial charge < -0.3 is 24.8 Å². The van der Waals surface area contributed by atoms with Crippen LogP contribution < -0.4 is 24.8 Å². The van der Waals surface area contributed by atoms with Crippen LogP contribution in [0.4, 0.5) is 0 Å². The minimum Gasteiger partial charge on any atom is -0.493 e. The number of halogens is 1. The molecule has 1 saturated carbocycles. The number of benzene rings is 1. The predicted molar refractivity (Wildman–Crippen MR) is 116 cm³/mol. The van der Waals surface area contributed by atoms with E-state index in [1.165, 1.54) is 32.1 Å². The molecule has 26 heavy (non-hydrogen) atoms. The van der Waals surface area contributed by atoms with E-state index in [-0.39, 0.29) is 24.0 Å². The molecular weight excluding hydrogens is 445 g/mol. The molecule has 0 heterocycles. The van der Waals surface area contributed by atoms with Crippen LogP contribution in [0, 0.1) is 0 Å². The standard InChI is InChI=1S/C19H31N3O3.HI/c1-5-20-19(22-15-9-7-6-8-10-15)21-13-14-11-12-16(23-2)18(25-4)17(14)24-3;/h11-12,15H,5-10,13H2,1-4H3,(H2,20,21,22);1H. The Hall–Kier alpha value is -1.38. The van der Waals surface area contributed by atoms with Gasteiger partial charge in [-0.25, -0.2) is 4.99 Å². The number of hydrogen-bond donors (Lipinski definition) is 2. The highest BCUT2D eigenvalue weighted by Gasteiger charge is 2.17. The number of nitrogens with one attached hydrogen (secondary N) is 2. The minimum atomic E-state index is 0.